The van der Waals surface area contributed by atoms with Gasteiger partial charge in [0.05, 0.1) is 27.8 Å². The van der Waals surface area contributed by atoms with Gasteiger partial charge in [0.2, 0.25) is 5.91 Å². The zero-order valence-corrected chi connectivity index (χ0v) is 24.1. The molecule has 3 aromatic rings. The van der Waals surface area contributed by atoms with Crippen LogP contribution in [0.1, 0.15) is 27.4 Å². The van der Waals surface area contributed by atoms with E-state index in [4.69, 9.17) is 34.8 Å². The molecule has 2 atom stereocenters. The fourth-order valence-electron chi connectivity index (χ4n) is 4.29. The maximum atomic E-state index is 14.9. The maximum absolute atomic E-state index is 14.9. The van der Waals surface area contributed by atoms with Gasteiger partial charge in [0.15, 0.2) is 5.82 Å². The molecule has 240 valence electrons. The Balaban J connectivity index is 1.50. The number of hydrogen-bond donors (Lipinski definition) is 3. The SMILES string of the molecule is O=C(COC(F)F)Nc1c(F)ccc(NC(=O)c2cc(NC(=O)[C@H]3[C@H](c4ccc(F)c(C(F)(F)F)c4)C3(Cl)Cl)ccc2Cl)c1F. The molecule has 3 N–H and O–H groups in total. The van der Waals surface area contributed by atoms with Gasteiger partial charge in [-0.15, -0.1) is 23.2 Å². The first kappa shape index (κ1) is 34.2. The second kappa shape index (κ2) is 13.0. The van der Waals surface area contributed by atoms with Crippen molar-refractivity contribution in [3.63, 3.8) is 0 Å². The quantitative estimate of drug-likeness (QED) is 0.157. The summed E-state index contributed by atoms with van der Waals surface area (Å²) in [5.41, 5.74) is -3.89. The molecule has 0 aliphatic heterocycles. The van der Waals surface area contributed by atoms with Crippen LogP contribution in [-0.2, 0) is 20.5 Å². The van der Waals surface area contributed by atoms with Gasteiger partial charge in [-0.25, -0.2) is 13.2 Å². The average Bonchev–Trinajstić information content (AvgIpc) is 3.53. The van der Waals surface area contributed by atoms with Gasteiger partial charge in [-0.3, -0.25) is 14.4 Å². The molecule has 7 nitrogen and oxygen atoms in total. The van der Waals surface area contributed by atoms with E-state index in [0.717, 1.165) is 24.3 Å². The smallest absolute Gasteiger partial charge is 0.326 e. The van der Waals surface area contributed by atoms with Crippen LogP contribution in [0.4, 0.5) is 52.2 Å². The van der Waals surface area contributed by atoms with E-state index in [1.807, 2.05) is 0 Å². The number of rotatable bonds is 9. The molecule has 3 amide bonds. The van der Waals surface area contributed by atoms with Gasteiger partial charge < -0.3 is 20.7 Å². The van der Waals surface area contributed by atoms with Crippen molar-refractivity contribution >= 4 is 69.6 Å². The highest BCUT2D eigenvalue weighted by atomic mass is 35.5. The molecule has 0 heterocycles. The molecule has 1 aliphatic rings. The molecule has 18 heteroatoms. The van der Waals surface area contributed by atoms with Crippen LogP contribution in [0.3, 0.4) is 0 Å². The Morgan fingerprint density at radius 1 is 0.911 bits per heavy atom. The molecule has 1 aliphatic carbocycles. The third-order valence-corrected chi connectivity index (χ3v) is 7.68. The summed E-state index contributed by atoms with van der Waals surface area (Å²) in [7, 11) is 0. The molecule has 45 heavy (non-hydrogen) atoms. The van der Waals surface area contributed by atoms with E-state index >= 15 is 0 Å². The number of nitrogens with one attached hydrogen (secondary N) is 3. The number of carbonyl (C=O) groups excluding carboxylic acids is 3. The van der Waals surface area contributed by atoms with Crippen molar-refractivity contribution in [3.8, 4) is 0 Å². The van der Waals surface area contributed by atoms with Crippen LogP contribution in [0, 0.1) is 23.4 Å². The predicted octanol–water partition coefficient (Wildman–Crippen LogP) is 7.73. The van der Waals surface area contributed by atoms with Crippen molar-refractivity contribution in [3.05, 3.63) is 87.7 Å². The third-order valence-electron chi connectivity index (χ3n) is 6.41. The number of anilines is 3. The molecule has 1 fully saturated rings. The highest BCUT2D eigenvalue weighted by Crippen LogP contribution is 2.65. The van der Waals surface area contributed by atoms with Gasteiger partial charge in [-0.1, -0.05) is 17.7 Å². The standard InChI is InChI=1S/C27H16Cl3F8N3O4/c28-14-3-2-11(39-24(44)20-19(26(20,29)30)10-1-4-15(31)13(7-10)27(36,37)38)8-12(14)23(43)40-17-6-5-16(32)22(21(17)33)41-18(42)9-45-25(34)35/h1-8,19-20,25H,9H2,(H,39,44)(H,40,43)(H,41,42)/t19-,20+/m0/s1. The van der Waals surface area contributed by atoms with Gasteiger partial charge >= 0.3 is 12.8 Å². The Morgan fingerprint density at radius 3 is 2.22 bits per heavy atom. The van der Waals surface area contributed by atoms with Gasteiger partial charge in [0.1, 0.15) is 28.3 Å². The lowest BCUT2D eigenvalue weighted by Crippen LogP contribution is -2.22. The second-order valence-electron chi connectivity index (χ2n) is 9.41. The van der Waals surface area contributed by atoms with E-state index in [2.05, 4.69) is 15.4 Å². The molecule has 0 unspecified atom stereocenters. The van der Waals surface area contributed by atoms with E-state index in [1.54, 1.807) is 5.32 Å². The summed E-state index contributed by atoms with van der Waals surface area (Å²) in [6, 6.07) is 6.99. The summed E-state index contributed by atoms with van der Waals surface area (Å²) >= 11 is 18.5. The molecule has 0 saturated heterocycles. The van der Waals surface area contributed by atoms with Crippen LogP contribution >= 0.6 is 34.8 Å². The van der Waals surface area contributed by atoms with Crippen molar-refractivity contribution in [1.29, 1.82) is 0 Å². The summed E-state index contributed by atoms with van der Waals surface area (Å²) in [6.45, 7) is -4.55. The van der Waals surface area contributed by atoms with Crippen LogP contribution in [-0.4, -0.2) is 35.3 Å². The molecule has 0 radical (unpaired) electrons. The van der Waals surface area contributed by atoms with Crippen LogP contribution in [0.25, 0.3) is 0 Å². The van der Waals surface area contributed by atoms with E-state index in [9.17, 15) is 49.5 Å². The van der Waals surface area contributed by atoms with Crippen molar-refractivity contribution in [2.75, 3.05) is 22.6 Å². The number of carbonyl (C=O) groups is 3. The minimum Gasteiger partial charge on any atom is -0.326 e. The number of halogens is 11. The summed E-state index contributed by atoms with van der Waals surface area (Å²) in [5.74, 6) is -10.1. The molecular weight excluding hydrogens is 689 g/mol. The van der Waals surface area contributed by atoms with Crippen LogP contribution in [0.2, 0.25) is 5.02 Å². The lowest BCUT2D eigenvalue weighted by atomic mass is 10.0. The normalized spacial score (nSPS) is 17.2. The van der Waals surface area contributed by atoms with Crippen molar-refractivity contribution in [1.82, 2.24) is 0 Å². The van der Waals surface area contributed by atoms with Crippen LogP contribution < -0.4 is 16.0 Å². The molecule has 0 aromatic heterocycles. The summed E-state index contributed by atoms with van der Waals surface area (Å²) in [6.07, 6.45) is -5.02. The molecule has 0 spiro atoms. The first-order valence-electron chi connectivity index (χ1n) is 12.3. The predicted molar refractivity (Wildman–Crippen MR) is 147 cm³/mol. The van der Waals surface area contributed by atoms with Gasteiger partial charge in [0.25, 0.3) is 11.8 Å². The highest BCUT2D eigenvalue weighted by Gasteiger charge is 2.67. The average molecular weight is 705 g/mol. The first-order valence-corrected chi connectivity index (χ1v) is 13.4. The first-order chi connectivity index (χ1) is 20.9. The minimum atomic E-state index is -5.02. The van der Waals surface area contributed by atoms with Crippen molar-refractivity contribution < 1.29 is 54.2 Å². The Kier molecular flexibility index (Phi) is 9.87. The van der Waals surface area contributed by atoms with Gasteiger partial charge in [0, 0.05) is 11.6 Å². The lowest BCUT2D eigenvalue weighted by Gasteiger charge is -2.13. The molecule has 4 rings (SSSR count). The van der Waals surface area contributed by atoms with E-state index < -0.39 is 87.7 Å². The van der Waals surface area contributed by atoms with Gasteiger partial charge in [-0.2, -0.15) is 22.0 Å². The maximum Gasteiger partial charge on any atom is 0.419 e. The number of amides is 3. The fraction of sp³-hybridized carbons (Fsp3) is 0.222. The second-order valence-corrected chi connectivity index (χ2v) is 11.3. The molecule has 3 aromatic carbocycles. The van der Waals surface area contributed by atoms with E-state index in [-0.39, 0.29) is 21.8 Å². The zero-order chi connectivity index (χ0) is 33.4. The fourth-order valence-corrected chi connectivity index (χ4v) is 5.32. The van der Waals surface area contributed by atoms with Crippen molar-refractivity contribution in [2.24, 2.45) is 5.92 Å². The molecule has 1 saturated carbocycles. The highest BCUT2D eigenvalue weighted by molar-refractivity contribution is 6.53. The van der Waals surface area contributed by atoms with Crippen LogP contribution in [0.5, 0.6) is 0 Å². The third kappa shape index (κ3) is 7.60. The molecule has 0 bridgehead atoms. The lowest BCUT2D eigenvalue weighted by molar-refractivity contribution is -0.148. The summed E-state index contributed by atoms with van der Waals surface area (Å²) < 4.78 is 108. The van der Waals surface area contributed by atoms with Gasteiger partial charge in [-0.05, 0) is 48.0 Å². The zero-order valence-electron chi connectivity index (χ0n) is 21.8. The monoisotopic (exact) mass is 703 g/mol. The molecular formula is C27H16Cl3F8N3O4. The van der Waals surface area contributed by atoms with E-state index in [0.29, 0.717) is 18.2 Å². The van der Waals surface area contributed by atoms with Crippen molar-refractivity contribution in [2.45, 2.75) is 23.0 Å². The summed E-state index contributed by atoms with van der Waals surface area (Å²) in [4.78, 5) is 37.6. The largest absolute Gasteiger partial charge is 0.419 e. The number of hydrogen-bond acceptors (Lipinski definition) is 4. The minimum absolute atomic E-state index is 0.0778. The summed E-state index contributed by atoms with van der Waals surface area (Å²) in [5, 5.41) is 5.99. The Labute approximate surface area is 262 Å². The Hall–Kier alpha value is -3.66. The van der Waals surface area contributed by atoms with E-state index in [1.165, 1.54) is 6.07 Å². The Morgan fingerprint density at radius 2 is 1.58 bits per heavy atom. The number of benzene rings is 3. The van der Waals surface area contributed by atoms with Crippen LogP contribution in [0.15, 0.2) is 48.5 Å². The number of alkyl halides is 7. The topological polar surface area (TPSA) is 96.5 Å². The Bertz CT molecular complexity index is 1670. The number of ether oxygens (including phenoxy) is 1.